The summed E-state index contributed by atoms with van der Waals surface area (Å²) < 4.78 is 1.79. The molecule has 1 fully saturated rings. The summed E-state index contributed by atoms with van der Waals surface area (Å²) in [5.74, 6) is -0.214. The first-order chi connectivity index (χ1) is 12.0. The van der Waals surface area contributed by atoms with E-state index in [0.29, 0.717) is 18.8 Å². The maximum atomic E-state index is 12.1. The van der Waals surface area contributed by atoms with E-state index in [0.717, 1.165) is 22.6 Å². The molecule has 7 heteroatoms. The third-order valence-electron chi connectivity index (χ3n) is 4.27. The molecule has 0 saturated carbocycles. The number of urea groups is 1. The zero-order chi connectivity index (χ0) is 18.0. The minimum Gasteiger partial charge on any atom is -0.336 e. The van der Waals surface area contributed by atoms with Crippen molar-refractivity contribution < 1.29 is 9.59 Å². The summed E-state index contributed by atoms with van der Waals surface area (Å²) in [6.07, 6.45) is 3.27. The molecule has 0 unspecified atom stereocenters. The number of aryl methyl sites for hydroxylation is 2. The minimum absolute atomic E-state index is 0.0954. The Labute approximate surface area is 146 Å². The van der Waals surface area contributed by atoms with Crippen molar-refractivity contribution in [2.45, 2.75) is 13.8 Å². The average molecular weight is 339 g/mol. The van der Waals surface area contributed by atoms with Crippen molar-refractivity contribution in [1.82, 2.24) is 15.1 Å². The van der Waals surface area contributed by atoms with Gasteiger partial charge in [-0.2, -0.15) is 5.10 Å². The van der Waals surface area contributed by atoms with Crippen LogP contribution < -0.4 is 15.5 Å². The smallest absolute Gasteiger partial charge is 0.321 e. The maximum absolute atomic E-state index is 12.1. The number of aromatic nitrogens is 2. The van der Waals surface area contributed by atoms with Gasteiger partial charge in [0.2, 0.25) is 5.91 Å². The van der Waals surface area contributed by atoms with Gasteiger partial charge in [0.1, 0.15) is 0 Å². The van der Waals surface area contributed by atoms with Crippen LogP contribution in [0.3, 0.4) is 0 Å². The molecular formula is C18H21N5O2. The van der Waals surface area contributed by atoms with Gasteiger partial charge in [-0.15, -0.1) is 0 Å². The Morgan fingerprint density at radius 1 is 1.28 bits per heavy atom. The number of hydrogen-bond donors (Lipinski definition) is 2. The zero-order valence-electron chi connectivity index (χ0n) is 14.5. The molecule has 2 N–H and O–H groups in total. The van der Waals surface area contributed by atoms with E-state index in [9.17, 15) is 9.59 Å². The lowest BCUT2D eigenvalue weighted by Crippen LogP contribution is -2.27. The van der Waals surface area contributed by atoms with Crippen LogP contribution in [-0.4, -0.2) is 34.8 Å². The number of carbonyl (C=O) groups excluding carboxylic acids is 2. The lowest BCUT2D eigenvalue weighted by molar-refractivity contribution is -0.111. The van der Waals surface area contributed by atoms with Crippen LogP contribution in [0.5, 0.6) is 0 Å². The predicted octanol–water partition coefficient (Wildman–Crippen LogP) is 2.22. The van der Waals surface area contributed by atoms with E-state index in [4.69, 9.17) is 0 Å². The molecule has 7 nitrogen and oxygen atoms in total. The Morgan fingerprint density at radius 3 is 2.56 bits per heavy atom. The molecular weight excluding hydrogens is 318 g/mol. The number of nitrogens with one attached hydrogen (secondary N) is 2. The fraction of sp³-hybridized carbons (Fsp3) is 0.278. The Morgan fingerprint density at radius 2 is 2.00 bits per heavy atom. The highest BCUT2D eigenvalue weighted by Crippen LogP contribution is 2.20. The van der Waals surface area contributed by atoms with Crippen molar-refractivity contribution in [1.29, 1.82) is 0 Å². The Balaban J connectivity index is 1.65. The van der Waals surface area contributed by atoms with Gasteiger partial charge in [0.15, 0.2) is 0 Å². The predicted molar refractivity (Wildman–Crippen MR) is 97.5 cm³/mol. The average Bonchev–Trinajstić information content (AvgIpc) is 3.10. The molecule has 0 spiro atoms. The molecule has 2 aromatic rings. The normalized spacial score (nSPS) is 14.2. The molecule has 0 bridgehead atoms. The van der Waals surface area contributed by atoms with Crippen molar-refractivity contribution >= 4 is 29.4 Å². The van der Waals surface area contributed by atoms with Crippen LogP contribution in [0.25, 0.3) is 6.08 Å². The SMILES string of the molecule is Cc1nn(C)c(C)c1/C=C/C(=O)Nc1ccc(N2CCNC2=O)cc1. The van der Waals surface area contributed by atoms with Crippen molar-refractivity contribution in [3.05, 3.63) is 47.3 Å². The highest BCUT2D eigenvalue weighted by Gasteiger charge is 2.20. The van der Waals surface area contributed by atoms with Crippen LogP contribution in [0.15, 0.2) is 30.3 Å². The van der Waals surface area contributed by atoms with E-state index >= 15 is 0 Å². The van der Waals surface area contributed by atoms with Gasteiger partial charge in [0.25, 0.3) is 0 Å². The molecule has 2 heterocycles. The Kier molecular flexibility index (Phi) is 4.56. The van der Waals surface area contributed by atoms with E-state index < -0.39 is 0 Å². The van der Waals surface area contributed by atoms with Gasteiger partial charge < -0.3 is 10.6 Å². The molecule has 3 amide bonds. The fourth-order valence-corrected chi connectivity index (χ4v) is 2.82. The summed E-state index contributed by atoms with van der Waals surface area (Å²) in [5.41, 5.74) is 4.34. The summed E-state index contributed by atoms with van der Waals surface area (Å²) in [4.78, 5) is 25.4. The summed E-state index contributed by atoms with van der Waals surface area (Å²) in [6.45, 7) is 5.18. The molecule has 1 saturated heterocycles. The first-order valence-corrected chi connectivity index (χ1v) is 8.10. The van der Waals surface area contributed by atoms with Crippen LogP contribution in [0.1, 0.15) is 17.0 Å². The molecule has 3 rings (SSSR count). The largest absolute Gasteiger partial charge is 0.336 e. The highest BCUT2D eigenvalue weighted by molar-refractivity contribution is 6.02. The highest BCUT2D eigenvalue weighted by atomic mass is 16.2. The van der Waals surface area contributed by atoms with Crippen LogP contribution in [0.4, 0.5) is 16.2 Å². The number of hydrogen-bond acceptors (Lipinski definition) is 3. The van der Waals surface area contributed by atoms with E-state index in [-0.39, 0.29) is 11.9 Å². The van der Waals surface area contributed by atoms with Gasteiger partial charge >= 0.3 is 6.03 Å². The second-order valence-corrected chi connectivity index (χ2v) is 5.96. The molecule has 1 aliphatic rings. The minimum atomic E-state index is -0.214. The van der Waals surface area contributed by atoms with Gasteiger partial charge in [0, 0.05) is 48.8 Å². The lowest BCUT2D eigenvalue weighted by Gasteiger charge is -2.14. The first-order valence-electron chi connectivity index (χ1n) is 8.10. The van der Waals surface area contributed by atoms with E-state index in [1.165, 1.54) is 6.08 Å². The summed E-state index contributed by atoms with van der Waals surface area (Å²) in [7, 11) is 1.88. The van der Waals surface area contributed by atoms with Gasteiger partial charge in [-0.3, -0.25) is 14.4 Å². The van der Waals surface area contributed by atoms with Gasteiger partial charge in [-0.05, 0) is 44.2 Å². The summed E-state index contributed by atoms with van der Waals surface area (Å²) >= 11 is 0. The molecule has 0 aliphatic carbocycles. The summed E-state index contributed by atoms with van der Waals surface area (Å²) in [6, 6.07) is 7.11. The van der Waals surface area contributed by atoms with Crippen LogP contribution in [0.2, 0.25) is 0 Å². The van der Waals surface area contributed by atoms with Gasteiger partial charge in [-0.25, -0.2) is 4.79 Å². The Bertz CT molecular complexity index is 836. The molecule has 0 radical (unpaired) electrons. The van der Waals surface area contributed by atoms with E-state index in [1.54, 1.807) is 27.8 Å². The van der Waals surface area contributed by atoms with Crippen LogP contribution in [0, 0.1) is 13.8 Å². The third-order valence-corrected chi connectivity index (χ3v) is 4.27. The fourth-order valence-electron chi connectivity index (χ4n) is 2.82. The van der Waals surface area contributed by atoms with Crippen molar-refractivity contribution in [3.63, 3.8) is 0 Å². The zero-order valence-corrected chi connectivity index (χ0v) is 14.5. The molecule has 1 aliphatic heterocycles. The number of carbonyl (C=O) groups is 2. The molecule has 0 atom stereocenters. The van der Waals surface area contributed by atoms with Gasteiger partial charge in [-0.1, -0.05) is 0 Å². The second-order valence-electron chi connectivity index (χ2n) is 5.96. The molecule has 130 valence electrons. The number of benzene rings is 1. The lowest BCUT2D eigenvalue weighted by atomic mass is 10.2. The number of amides is 3. The monoisotopic (exact) mass is 339 g/mol. The standard InChI is InChI=1S/C18H21N5O2/c1-12-16(13(2)22(3)21-12)8-9-17(24)20-14-4-6-15(7-5-14)23-11-10-19-18(23)25/h4-9H,10-11H2,1-3H3,(H,19,25)(H,20,24)/b9-8+. The maximum Gasteiger partial charge on any atom is 0.321 e. The van der Waals surface area contributed by atoms with Crippen LogP contribution in [-0.2, 0) is 11.8 Å². The van der Waals surface area contributed by atoms with Gasteiger partial charge in [0.05, 0.1) is 5.69 Å². The van der Waals surface area contributed by atoms with Crippen molar-refractivity contribution in [2.24, 2.45) is 7.05 Å². The number of nitrogens with zero attached hydrogens (tertiary/aromatic N) is 3. The van der Waals surface area contributed by atoms with Crippen molar-refractivity contribution in [3.8, 4) is 0 Å². The topological polar surface area (TPSA) is 79.3 Å². The Hall–Kier alpha value is -3.09. The van der Waals surface area contributed by atoms with Crippen LogP contribution >= 0.6 is 0 Å². The second kappa shape index (κ2) is 6.80. The quantitative estimate of drug-likeness (QED) is 0.838. The first kappa shape index (κ1) is 16.8. The van der Waals surface area contributed by atoms with E-state index in [2.05, 4.69) is 15.7 Å². The molecule has 1 aromatic heterocycles. The molecule has 25 heavy (non-hydrogen) atoms. The third kappa shape index (κ3) is 3.55. The van der Waals surface area contributed by atoms with E-state index in [1.807, 2.05) is 33.0 Å². The number of rotatable bonds is 4. The summed E-state index contributed by atoms with van der Waals surface area (Å²) in [5, 5.41) is 9.90. The molecule has 1 aromatic carbocycles. The van der Waals surface area contributed by atoms with Crippen molar-refractivity contribution in [2.75, 3.05) is 23.3 Å². The number of anilines is 2.